The van der Waals surface area contributed by atoms with E-state index in [4.69, 9.17) is 4.74 Å². The molecule has 0 bridgehead atoms. The molecule has 1 saturated heterocycles. The number of likely N-dealkylation sites (tertiary alicyclic amines) is 1. The van der Waals surface area contributed by atoms with Gasteiger partial charge in [-0.1, -0.05) is 13.8 Å². The molecular formula is C18H22F3N3O3. The molecule has 27 heavy (non-hydrogen) atoms. The van der Waals surface area contributed by atoms with Gasteiger partial charge in [-0.2, -0.15) is 13.2 Å². The summed E-state index contributed by atoms with van der Waals surface area (Å²) in [5.41, 5.74) is -0.0933. The molecule has 148 valence electrons. The molecular weight excluding hydrogens is 363 g/mol. The van der Waals surface area contributed by atoms with E-state index in [9.17, 15) is 22.8 Å². The van der Waals surface area contributed by atoms with Gasteiger partial charge >= 0.3 is 12.2 Å². The Balaban J connectivity index is 1.71. The standard InChI is InChI=1S/C18H22F3N3O3/c1-17(2)10-24(7-6-14(17)18(19,20)21)16(26)22-11-4-5-13-12(8-11)23(3)15(25)9-27-13/h4-5,8,14H,6-7,9-10H2,1-3H3,(H,22,26)/t14-/m1/s1. The Hall–Kier alpha value is -2.45. The van der Waals surface area contributed by atoms with Crippen LogP contribution in [0.4, 0.5) is 29.3 Å². The molecule has 0 aromatic heterocycles. The highest BCUT2D eigenvalue weighted by Gasteiger charge is 2.51. The van der Waals surface area contributed by atoms with Crippen LogP contribution in [0.15, 0.2) is 18.2 Å². The highest BCUT2D eigenvalue weighted by molar-refractivity contribution is 5.99. The minimum absolute atomic E-state index is 0.00938. The topological polar surface area (TPSA) is 61.9 Å². The quantitative estimate of drug-likeness (QED) is 0.805. The maximum Gasteiger partial charge on any atom is 0.392 e. The number of urea groups is 1. The van der Waals surface area contributed by atoms with Gasteiger partial charge in [-0.25, -0.2) is 4.79 Å². The second-order valence-electron chi connectivity index (χ2n) is 7.65. The number of ether oxygens (including phenoxy) is 1. The predicted octanol–water partition coefficient (Wildman–Crippen LogP) is 3.48. The van der Waals surface area contributed by atoms with E-state index in [1.165, 1.54) is 23.6 Å². The summed E-state index contributed by atoms with van der Waals surface area (Å²) in [7, 11) is 1.61. The number of hydrogen-bond donors (Lipinski definition) is 1. The Morgan fingerprint density at radius 3 is 2.67 bits per heavy atom. The second kappa shape index (κ2) is 6.61. The third kappa shape index (κ3) is 3.81. The van der Waals surface area contributed by atoms with Crippen LogP contribution in [0.3, 0.4) is 0 Å². The molecule has 0 unspecified atom stereocenters. The monoisotopic (exact) mass is 385 g/mol. The zero-order valence-corrected chi connectivity index (χ0v) is 15.4. The highest BCUT2D eigenvalue weighted by Crippen LogP contribution is 2.45. The number of nitrogens with one attached hydrogen (secondary N) is 1. The van der Waals surface area contributed by atoms with Gasteiger partial charge in [-0.05, 0) is 30.0 Å². The van der Waals surface area contributed by atoms with Crippen LogP contribution >= 0.6 is 0 Å². The molecule has 1 fully saturated rings. The van der Waals surface area contributed by atoms with Gasteiger partial charge in [-0.15, -0.1) is 0 Å². The van der Waals surface area contributed by atoms with Crippen molar-refractivity contribution in [2.45, 2.75) is 26.4 Å². The van der Waals surface area contributed by atoms with Crippen molar-refractivity contribution in [3.8, 4) is 5.75 Å². The van der Waals surface area contributed by atoms with Crippen LogP contribution in [0.5, 0.6) is 5.75 Å². The number of likely N-dealkylation sites (N-methyl/N-ethyl adjacent to an activating group) is 1. The highest BCUT2D eigenvalue weighted by atomic mass is 19.4. The number of carbonyl (C=O) groups excluding carboxylic acids is 2. The van der Waals surface area contributed by atoms with Crippen LogP contribution in [-0.2, 0) is 4.79 Å². The van der Waals surface area contributed by atoms with E-state index in [1.807, 2.05) is 0 Å². The van der Waals surface area contributed by atoms with Gasteiger partial charge in [0.2, 0.25) is 0 Å². The average Bonchev–Trinajstić information content (AvgIpc) is 2.56. The summed E-state index contributed by atoms with van der Waals surface area (Å²) in [6.45, 7) is 3.06. The number of anilines is 2. The molecule has 3 rings (SSSR count). The summed E-state index contributed by atoms with van der Waals surface area (Å²) in [6.07, 6.45) is -4.40. The lowest BCUT2D eigenvalue weighted by atomic mass is 9.73. The van der Waals surface area contributed by atoms with Gasteiger partial charge in [0.05, 0.1) is 11.6 Å². The molecule has 0 saturated carbocycles. The van der Waals surface area contributed by atoms with Crippen molar-refractivity contribution in [3.63, 3.8) is 0 Å². The van der Waals surface area contributed by atoms with Crippen molar-refractivity contribution < 1.29 is 27.5 Å². The minimum Gasteiger partial charge on any atom is -0.482 e. The number of halogens is 3. The van der Waals surface area contributed by atoms with Crippen LogP contribution in [0.2, 0.25) is 0 Å². The summed E-state index contributed by atoms with van der Waals surface area (Å²) in [6, 6.07) is 4.42. The first kappa shape index (κ1) is 19.3. The van der Waals surface area contributed by atoms with Gasteiger partial charge in [-0.3, -0.25) is 4.79 Å². The molecule has 1 N–H and O–H groups in total. The smallest absolute Gasteiger partial charge is 0.392 e. The Morgan fingerprint density at radius 1 is 1.33 bits per heavy atom. The van der Waals surface area contributed by atoms with E-state index < -0.39 is 23.5 Å². The second-order valence-corrected chi connectivity index (χ2v) is 7.65. The fourth-order valence-corrected chi connectivity index (χ4v) is 3.69. The predicted molar refractivity (Wildman–Crippen MR) is 93.9 cm³/mol. The molecule has 1 aromatic rings. The van der Waals surface area contributed by atoms with Crippen LogP contribution in [-0.4, -0.2) is 49.8 Å². The van der Waals surface area contributed by atoms with Crippen molar-refractivity contribution >= 4 is 23.3 Å². The van der Waals surface area contributed by atoms with Crippen LogP contribution in [0, 0.1) is 11.3 Å². The zero-order valence-electron chi connectivity index (χ0n) is 15.4. The Bertz CT molecular complexity index is 764. The number of fused-ring (bicyclic) bond motifs is 1. The molecule has 1 aromatic carbocycles. The first-order valence-corrected chi connectivity index (χ1v) is 8.65. The van der Waals surface area contributed by atoms with Gasteiger partial charge in [0.25, 0.3) is 5.91 Å². The Kier molecular flexibility index (Phi) is 4.73. The van der Waals surface area contributed by atoms with Crippen LogP contribution in [0.1, 0.15) is 20.3 Å². The molecule has 2 aliphatic heterocycles. The zero-order chi connectivity index (χ0) is 20.0. The summed E-state index contributed by atoms with van der Waals surface area (Å²) in [5.74, 6) is -1.11. The normalized spacial score (nSPS) is 22.1. The molecule has 2 aliphatic rings. The number of alkyl halides is 3. The molecule has 2 heterocycles. The lowest BCUT2D eigenvalue weighted by Gasteiger charge is -2.44. The van der Waals surface area contributed by atoms with Crippen molar-refractivity contribution in [3.05, 3.63) is 18.2 Å². The van der Waals surface area contributed by atoms with Crippen molar-refractivity contribution in [1.82, 2.24) is 4.90 Å². The average molecular weight is 385 g/mol. The first-order valence-electron chi connectivity index (χ1n) is 8.65. The Morgan fingerprint density at radius 2 is 2.04 bits per heavy atom. The van der Waals surface area contributed by atoms with Gasteiger partial charge < -0.3 is 19.9 Å². The fourth-order valence-electron chi connectivity index (χ4n) is 3.69. The van der Waals surface area contributed by atoms with E-state index in [0.717, 1.165) is 0 Å². The van der Waals surface area contributed by atoms with Crippen LogP contribution < -0.4 is 15.0 Å². The first-order chi connectivity index (χ1) is 12.5. The SMILES string of the molecule is CN1C(=O)COc2ccc(NC(=O)N3CC[C@@H](C(F)(F)F)C(C)(C)C3)cc21. The largest absolute Gasteiger partial charge is 0.482 e. The molecule has 1 atom stereocenters. The van der Waals surface area contributed by atoms with E-state index in [0.29, 0.717) is 17.1 Å². The molecule has 0 spiro atoms. The molecule has 6 nitrogen and oxygen atoms in total. The number of hydrogen-bond acceptors (Lipinski definition) is 3. The molecule has 9 heteroatoms. The summed E-state index contributed by atoms with van der Waals surface area (Å²) < 4.78 is 44.9. The van der Waals surface area contributed by atoms with Crippen molar-refractivity contribution in [2.24, 2.45) is 11.3 Å². The van der Waals surface area contributed by atoms with E-state index in [-0.39, 0.29) is 32.0 Å². The van der Waals surface area contributed by atoms with Crippen molar-refractivity contribution in [1.29, 1.82) is 0 Å². The number of benzene rings is 1. The fraction of sp³-hybridized carbons (Fsp3) is 0.556. The number of piperidine rings is 1. The van der Waals surface area contributed by atoms with Gasteiger partial charge in [0, 0.05) is 25.8 Å². The lowest BCUT2D eigenvalue weighted by Crippen LogP contribution is -2.53. The summed E-state index contributed by atoms with van der Waals surface area (Å²) in [5, 5.41) is 2.70. The third-order valence-electron chi connectivity index (χ3n) is 5.21. The van der Waals surface area contributed by atoms with E-state index >= 15 is 0 Å². The number of amides is 3. The van der Waals surface area contributed by atoms with E-state index in [2.05, 4.69) is 5.32 Å². The van der Waals surface area contributed by atoms with E-state index in [1.54, 1.807) is 25.2 Å². The number of nitrogens with zero attached hydrogens (tertiary/aromatic N) is 2. The molecule has 0 radical (unpaired) electrons. The minimum atomic E-state index is -4.28. The lowest BCUT2D eigenvalue weighted by molar-refractivity contribution is -0.214. The maximum absolute atomic E-state index is 13.2. The van der Waals surface area contributed by atoms with Gasteiger partial charge in [0.15, 0.2) is 6.61 Å². The third-order valence-corrected chi connectivity index (χ3v) is 5.21. The Labute approximate surface area is 155 Å². The van der Waals surface area contributed by atoms with Crippen molar-refractivity contribution in [2.75, 3.05) is 37.0 Å². The van der Waals surface area contributed by atoms with Crippen LogP contribution in [0.25, 0.3) is 0 Å². The maximum atomic E-state index is 13.2. The molecule has 0 aliphatic carbocycles. The summed E-state index contributed by atoms with van der Waals surface area (Å²) in [4.78, 5) is 27.1. The number of carbonyl (C=O) groups is 2. The number of rotatable bonds is 1. The summed E-state index contributed by atoms with van der Waals surface area (Å²) >= 11 is 0. The molecule has 3 amide bonds. The van der Waals surface area contributed by atoms with Gasteiger partial charge in [0.1, 0.15) is 5.75 Å².